The number of fused-ring (bicyclic) bond motifs is 1. The van der Waals surface area contributed by atoms with Crippen LogP contribution in [0.5, 0.6) is 23.0 Å². The first-order chi connectivity index (χ1) is 16.0. The Kier molecular flexibility index (Phi) is 6.26. The van der Waals surface area contributed by atoms with Crippen molar-refractivity contribution in [1.29, 1.82) is 0 Å². The van der Waals surface area contributed by atoms with E-state index < -0.39 is 11.8 Å². The zero-order chi connectivity index (χ0) is 23.4. The van der Waals surface area contributed by atoms with Crippen LogP contribution >= 0.6 is 0 Å². The lowest BCUT2D eigenvalue weighted by Gasteiger charge is -2.16. The number of ether oxygens (including phenoxy) is 3. The number of carboxylic acids is 1. The Morgan fingerprint density at radius 1 is 0.879 bits per heavy atom. The van der Waals surface area contributed by atoms with E-state index in [4.69, 9.17) is 19.3 Å². The van der Waals surface area contributed by atoms with E-state index in [1.54, 1.807) is 43.5 Å². The molecular formula is C27H21FO5. The molecule has 6 heteroatoms. The molecule has 166 valence electrons. The number of methoxy groups -OCH3 is 2. The molecule has 0 unspecified atom stereocenters. The van der Waals surface area contributed by atoms with Crippen LogP contribution < -0.4 is 14.2 Å². The summed E-state index contributed by atoms with van der Waals surface area (Å²) in [6.07, 6.45) is 2.58. The molecule has 0 aliphatic rings. The Morgan fingerprint density at radius 3 is 2.30 bits per heavy atom. The van der Waals surface area contributed by atoms with Crippen molar-refractivity contribution in [3.8, 4) is 34.1 Å². The smallest absolute Gasteiger partial charge is 0.328 e. The van der Waals surface area contributed by atoms with Crippen LogP contribution in [0.25, 0.3) is 28.0 Å². The van der Waals surface area contributed by atoms with Crippen molar-refractivity contribution in [2.24, 2.45) is 0 Å². The Hall–Kier alpha value is -4.32. The van der Waals surface area contributed by atoms with Gasteiger partial charge >= 0.3 is 5.97 Å². The zero-order valence-corrected chi connectivity index (χ0v) is 18.0. The third kappa shape index (κ3) is 4.80. The van der Waals surface area contributed by atoms with Crippen molar-refractivity contribution in [1.82, 2.24) is 0 Å². The van der Waals surface area contributed by atoms with E-state index in [9.17, 15) is 9.18 Å². The van der Waals surface area contributed by atoms with Gasteiger partial charge in [-0.15, -0.1) is 0 Å². The first kappa shape index (κ1) is 21.9. The maximum atomic E-state index is 14.5. The molecule has 0 aromatic heterocycles. The quantitative estimate of drug-likeness (QED) is 0.327. The minimum atomic E-state index is -1.02. The number of benzene rings is 4. The molecule has 0 aliphatic carbocycles. The average molecular weight is 444 g/mol. The summed E-state index contributed by atoms with van der Waals surface area (Å²) in [6, 6.07) is 21.2. The number of rotatable bonds is 7. The van der Waals surface area contributed by atoms with Gasteiger partial charge in [0.1, 0.15) is 17.2 Å². The van der Waals surface area contributed by atoms with Crippen molar-refractivity contribution < 1.29 is 28.5 Å². The molecule has 5 nitrogen and oxygen atoms in total. The van der Waals surface area contributed by atoms with Crippen LogP contribution in [0.4, 0.5) is 4.39 Å². The Balaban J connectivity index is 1.81. The van der Waals surface area contributed by atoms with Crippen molar-refractivity contribution in [3.05, 3.63) is 90.3 Å². The molecular weight excluding hydrogens is 423 g/mol. The standard InChI is InChI=1S/C27H21FO5/c1-31-21-10-12-23-18(15-21)6-11-22(19-7-13-25(32-2)24(28)16-19)27(23)33-20-8-3-17(4-9-20)5-14-26(29)30/h3-16H,1-2H3,(H,29,30)/b14-5+. The second kappa shape index (κ2) is 9.44. The first-order valence-corrected chi connectivity index (χ1v) is 10.1. The zero-order valence-electron chi connectivity index (χ0n) is 18.0. The molecule has 0 radical (unpaired) electrons. The van der Waals surface area contributed by atoms with Crippen molar-refractivity contribution in [3.63, 3.8) is 0 Å². The van der Waals surface area contributed by atoms with Gasteiger partial charge in [0.2, 0.25) is 0 Å². The summed E-state index contributed by atoms with van der Waals surface area (Å²) in [5.74, 6) is 0.515. The van der Waals surface area contributed by atoms with Crippen LogP contribution in [0.15, 0.2) is 78.9 Å². The second-order valence-corrected chi connectivity index (χ2v) is 7.22. The van der Waals surface area contributed by atoms with Crippen molar-refractivity contribution >= 4 is 22.8 Å². The molecule has 0 saturated carbocycles. The third-order valence-electron chi connectivity index (χ3n) is 5.16. The molecule has 0 spiro atoms. The number of hydrogen-bond acceptors (Lipinski definition) is 4. The monoisotopic (exact) mass is 444 g/mol. The van der Waals surface area contributed by atoms with Crippen LogP contribution in [0.1, 0.15) is 5.56 Å². The fourth-order valence-corrected chi connectivity index (χ4v) is 3.51. The van der Waals surface area contributed by atoms with Gasteiger partial charge in [0.05, 0.1) is 14.2 Å². The third-order valence-corrected chi connectivity index (χ3v) is 5.16. The van der Waals surface area contributed by atoms with E-state index in [0.29, 0.717) is 28.4 Å². The molecule has 0 fully saturated rings. The highest BCUT2D eigenvalue weighted by Gasteiger charge is 2.15. The molecule has 0 atom stereocenters. The van der Waals surface area contributed by atoms with Gasteiger partial charge in [0.15, 0.2) is 11.6 Å². The summed E-state index contributed by atoms with van der Waals surface area (Å²) in [5, 5.41) is 10.5. The summed E-state index contributed by atoms with van der Waals surface area (Å²) in [6.45, 7) is 0. The summed E-state index contributed by atoms with van der Waals surface area (Å²) in [7, 11) is 3.03. The molecule has 0 saturated heterocycles. The summed E-state index contributed by atoms with van der Waals surface area (Å²) < 4.78 is 31.1. The van der Waals surface area contributed by atoms with Gasteiger partial charge in [-0.2, -0.15) is 0 Å². The first-order valence-electron chi connectivity index (χ1n) is 10.1. The van der Waals surface area contributed by atoms with Crippen molar-refractivity contribution in [2.75, 3.05) is 14.2 Å². The molecule has 0 amide bonds. The summed E-state index contributed by atoms with van der Waals surface area (Å²) >= 11 is 0. The van der Waals surface area contributed by atoms with E-state index in [0.717, 1.165) is 22.4 Å². The van der Waals surface area contributed by atoms with Gasteiger partial charge in [-0.1, -0.05) is 24.3 Å². The minimum absolute atomic E-state index is 0.164. The molecule has 0 heterocycles. The van der Waals surface area contributed by atoms with Gasteiger partial charge in [-0.25, -0.2) is 9.18 Å². The molecule has 0 aliphatic heterocycles. The fraction of sp³-hybridized carbons (Fsp3) is 0.0741. The van der Waals surface area contributed by atoms with Crippen LogP contribution in [0.2, 0.25) is 0 Å². The van der Waals surface area contributed by atoms with E-state index >= 15 is 0 Å². The highest BCUT2D eigenvalue weighted by molar-refractivity contribution is 5.96. The summed E-state index contributed by atoms with van der Waals surface area (Å²) in [4.78, 5) is 10.7. The maximum absolute atomic E-state index is 14.5. The maximum Gasteiger partial charge on any atom is 0.328 e. The number of aliphatic carboxylic acids is 1. The van der Waals surface area contributed by atoms with Crippen LogP contribution in [-0.4, -0.2) is 25.3 Å². The van der Waals surface area contributed by atoms with E-state index in [1.165, 1.54) is 19.3 Å². The predicted octanol–water partition coefficient (Wildman–Crippen LogP) is 6.55. The minimum Gasteiger partial charge on any atom is -0.497 e. The molecule has 0 bridgehead atoms. The lowest BCUT2D eigenvalue weighted by molar-refractivity contribution is -0.131. The number of carbonyl (C=O) groups is 1. The SMILES string of the molecule is COc1ccc2c(Oc3ccc(/C=C/C(=O)O)cc3)c(-c3ccc(OC)c(F)c3)ccc2c1. The van der Waals surface area contributed by atoms with Crippen LogP contribution in [0.3, 0.4) is 0 Å². The van der Waals surface area contributed by atoms with Gasteiger partial charge in [0.25, 0.3) is 0 Å². The predicted molar refractivity (Wildman–Crippen MR) is 126 cm³/mol. The van der Waals surface area contributed by atoms with Gasteiger partial charge in [-0.3, -0.25) is 0 Å². The number of carboxylic acid groups (broad SMARTS) is 1. The largest absolute Gasteiger partial charge is 0.497 e. The van der Waals surface area contributed by atoms with E-state index in [1.807, 2.05) is 30.3 Å². The lowest BCUT2D eigenvalue weighted by atomic mass is 9.99. The van der Waals surface area contributed by atoms with Gasteiger partial charge < -0.3 is 19.3 Å². The second-order valence-electron chi connectivity index (χ2n) is 7.22. The molecule has 4 aromatic rings. The Bertz CT molecular complexity index is 1340. The van der Waals surface area contributed by atoms with Crippen molar-refractivity contribution in [2.45, 2.75) is 0 Å². The average Bonchev–Trinajstić information content (AvgIpc) is 2.83. The van der Waals surface area contributed by atoms with Gasteiger partial charge in [-0.05, 0) is 71.1 Å². The van der Waals surface area contributed by atoms with Crippen LogP contribution in [-0.2, 0) is 4.79 Å². The van der Waals surface area contributed by atoms with E-state index in [-0.39, 0.29) is 5.75 Å². The fourth-order valence-electron chi connectivity index (χ4n) is 3.51. The van der Waals surface area contributed by atoms with E-state index in [2.05, 4.69) is 0 Å². The molecule has 1 N–H and O–H groups in total. The van der Waals surface area contributed by atoms with Gasteiger partial charge in [0, 0.05) is 17.0 Å². The Labute approximate surface area is 190 Å². The Morgan fingerprint density at radius 2 is 1.64 bits per heavy atom. The molecule has 4 rings (SSSR count). The highest BCUT2D eigenvalue weighted by atomic mass is 19.1. The summed E-state index contributed by atoms with van der Waals surface area (Å²) in [5.41, 5.74) is 2.08. The topological polar surface area (TPSA) is 65.0 Å². The highest BCUT2D eigenvalue weighted by Crippen LogP contribution is 2.41. The number of halogens is 1. The number of hydrogen-bond donors (Lipinski definition) is 1. The molecule has 4 aromatic carbocycles. The normalized spacial score (nSPS) is 11.0. The van der Waals surface area contributed by atoms with Crippen LogP contribution in [0, 0.1) is 5.82 Å². The molecule has 33 heavy (non-hydrogen) atoms. The lowest BCUT2D eigenvalue weighted by Crippen LogP contribution is -1.93.